The number of nitrogens with zero attached hydrogens (tertiary/aromatic N) is 1. The number of nitriles is 1. The summed E-state index contributed by atoms with van der Waals surface area (Å²) in [6.45, 7) is 0.252. The fourth-order valence-electron chi connectivity index (χ4n) is 2.58. The molecular formula is C23H15Cl3N2O2. The van der Waals surface area contributed by atoms with Gasteiger partial charge in [-0.05, 0) is 36.4 Å². The second-order valence-corrected chi connectivity index (χ2v) is 7.39. The van der Waals surface area contributed by atoms with E-state index in [1.54, 1.807) is 42.5 Å². The maximum Gasteiger partial charge on any atom is 0.266 e. The lowest BCUT2D eigenvalue weighted by Gasteiger charge is -2.11. The number of carbonyl (C=O) groups excluding carboxylic acids is 1. The number of anilines is 1. The summed E-state index contributed by atoms with van der Waals surface area (Å²) >= 11 is 18.0. The number of halogens is 3. The zero-order valence-corrected chi connectivity index (χ0v) is 17.8. The molecule has 3 aromatic carbocycles. The molecule has 150 valence electrons. The Morgan fingerprint density at radius 3 is 2.43 bits per heavy atom. The van der Waals surface area contributed by atoms with Gasteiger partial charge in [0, 0.05) is 21.8 Å². The molecule has 1 amide bonds. The number of rotatable bonds is 6. The van der Waals surface area contributed by atoms with Crippen LogP contribution in [0.15, 0.2) is 72.3 Å². The van der Waals surface area contributed by atoms with Crippen LogP contribution in [0.1, 0.15) is 11.1 Å². The number of benzene rings is 3. The Morgan fingerprint density at radius 2 is 1.70 bits per heavy atom. The van der Waals surface area contributed by atoms with Crippen LogP contribution in [0.3, 0.4) is 0 Å². The van der Waals surface area contributed by atoms with Crippen molar-refractivity contribution < 1.29 is 9.53 Å². The molecule has 0 saturated carbocycles. The van der Waals surface area contributed by atoms with Crippen molar-refractivity contribution in [3.05, 3.63) is 98.5 Å². The Bertz CT molecular complexity index is 1150. The molecule has 0 atom stereocenters. The highest BCUT2D eigenvalue weighted by Crippen LogP contribution is 2.26. The number of para-hydroxylation sites is 1. The molecule has 3 rings (SSSR count). The molecule has 0 fully saturated rings. The van der Waals surface area contributed by atoms with Crippen LogP contribution in [0.4, 0.5) is 5.69 Å². The van der Waals surface area contributed by atoms with E-state index in [1.807, 2.05) is 24.3 Å². The van der Waals surface area contributed by atoms with Crippen molar-refractivity contribution in [2.75, 3.05) is 5.32 Å². The van der Waals surface area contributed by atoms with Crippen LogP contribution in [0.5, 0.6) is 5.75 Å². The summed E-state index contributed by atoms with van der Waals surface area (Å²) in [7, 11) is 0. The molecule has 0 aromatic heterocycles. The van der Waals surface area contributed by atoms with E-state index in [0.717, 1.165) is 5.56 Å². The van der Waals surface area contributed by atoms with Gasteiger partial charge in [-0.15, -0.1) is 0 Å². The molecule has 0 radical (unpaired) electrons. The third kappa shape index (κ3) is 5.55. The zero-order chi connectivity index (χ0) is 21.5. The molecule has 0 spiro atoms. The van der Waals surface area contributed by atoms with Crippen LogP contribution < -0.4 is 10.1 Å². The lowest BCUT2D eigenvalue weighted by molar-refractivity contribution is -0.112. The first-order valence-electron chi connectivity index (χ1n) is 8.81. The third-order valence-electron chi connectivity index (χ3n) is 4.10. The van der Waals surface area contributed by atoms with Gasteiger partial charge in [-0.3, -0.25) is 4.79 Å². The topological polar surface area (TPSA) is 62.1 Å². The number of hydrogen-bond donors (Lipinski definition) is 1. The van der Waals surface area contributed by atoms with Gasteiger partial charge in [-0.25, -0.2) is 0 Å². The van der Waals surface area contributed by atoms with Gasteiger partial charge in [0.15, 0.2) is 0 Å². The van der Waals surface area contributed by atoms with Gasteiger partial charge in [-0.1, -0.05) is 71.2 Å². The Balaban J connectivity index is 1.80. The fraction of sp³-hybridized carbons (Fsp3) is 0.0435. The number of ether oxygens (including phenoxy) is 1. The summed E-state index contributed by atoms with van der Waals surface area (Å²) in [5, 5.41) is 13.4. The molecule has 3 aromatic rings. The van der Waals surface area contributed by atoms with Gasteiger partial charge in [0.2, 0.25) is 0 Å². The van der Waals surface area contributed by atoms with Crippen molar-refractivity contribution in [3.63, 3.8) is 0 Å². The highest BCUT2D eigenvalue weighted by atomic mass is 35.5. The quantitative estimate of drug-likeness (QED) is 0.328. The highest BCUT2D eigenvalue weighted by molar-refractivity contribution is 6.42. The van der Waals surface area contributed by atoms with Crippen molar-refractivity contribution in [1.29, 1.82) is 5.26 Å². The molecular weight excluding hydrogens is 443 g/mol. The van der Waals surface area contributed by atoms with Crippen molar-refractivity contribution in [3.8, 4) is 11.8 Å². The van der Waals surface area contributed by atoms with E-state index in [2.05, 4.69) is 5.32 Å². The Morgan fingerprint density at radius 1 is 0.967 bits per heavy atom. The molecule has 4 nitrogen and oxygen atoms in total. The lowest BCUT2D eigenvalue weighted by Crippen LogP contribution is -2.13. The second-order valence-electron chi connectivity index (χ2n) is 6.17. The molecule has 0 aliphatic heterocycles. The molecule has 0 bridgehead atoms. The van der Waals surface area contributed by atoms with Crippen molar-refractivity contribution in [1.82, 2.24) is 0 Å². The summed E-state index contributed by atoms with van der Waals surface area (Å²) in [5.41, 5.74) is 1.76. The first kappa shape index (κ1) is 21.7. The third-order valence-corrected chi connectivity index (χ3v) is 5.21. The van der Waals surface area contributed by atoms with Crippen molar-refractivity contribution >= 4 is 52.5 Å². The number of carbonyl (C=O) groups is 1. The minimum absolute atomic E-state index is 0.0881. The van der Waals surface area contributed by atoms with E-state index >= 15 is 0 Å². The van der Waals surface area contributed by atoms with Crippen molar-refractivity contribution in [2.45, 2.75) is 6.61 Å². The van der Waals surface area contributed by atoms with E-state index in [1.165, 1.54) is 12.1 Å². The monoisotopic (exact) mass is 456 g/mol. The van der Waals surface area contributed by atoms with Gasteiger partial charge in [0.1, 0.15) is 24.0 Å². The smallest absolute Gasteiger partial charge is 0.266 e. The van der Waals surface area contributed by atoms with Gasteiger partial charge >= 0.3 is 0 Å². The second kappa shape index (κ2) is 10.2. The average Bonchev–Trinajstić information content (AvgIpc) is 2.74. The Kier molecular flexibility index (Phi) is 7.37. The molecule has 0 aliphatic carbocycles. The number of nitrogens with one attached hydrogen (secondary N) is 1. The van der Waals surface area contributed by atoms with Crippen LogP contribution in [-0.2, 0) is 11.4 Å². The first-order valence-corrected chi connectivity index (χ1v) is 9.95. The normalized spacial score (nSPS) is 10.9. The minimum atomic E-state index is -0.572. The molecule has 0 unspecified atom stereocenters. The standard InChI is InChI=1S/C23H15Cl3N2O2/c24-19-7-3-1-6-16(19)14-30-22-8-4-2-5-15(22)11-17(13-27)23(29)28-18-9-10-20(25)21(26)12-18/h1-12H,14H2,(H,28,29)/b17-11+. The van der Waals surface area contributed by atoms with Gasteiger partial charge in [0.05, 0.1) is 10.0 Å². The van der Waals surface area contributed by atoms with Crippen molar-refractivity contribution in [2.24, 2.45) is 0 Å². The predicted octanol–water partition coefficient (Wildman–Crippen LogP) is 6.77. The summed E-state index contributed by atoms with van der Waals surface area (Å²) in [6, 6.07) is 21.1. The molecule has 0 aliphatic rings. The SMILES string of the molecule is N#C/C(=C\c1ccccc1OCc1ccccc1Cl)C(=O)Nc1ccc(Cl)c(Cl)c1. The highest BCUT2D eigenvalue weighted by Gasteiger charge is 2.12. The minimum Gasteiger partial charge on any atom is -0.488 e. The predicted molar refractivity (Wildman–Crippen MR) is 121 cm³/mol. The van der Waals surface area contributed by atoms with Crippen LogP contribution in [-0.4, -0.2) is 5.91 Å². The van der Waals surface area contributed by atoms with Gasteiger partial charge < -0.3 is 10.1 Å². The number of amides is 1. The summed E-state index contributed by atoms with van der Waals surface area (Å²) in [4.78, 5) is 12.5. The molecule has 0 heterocycles. The summed E-state index contributed by atoms with van der Waals surface area (Å²) in [5.74, 6) is -0.0516. The molecule has 1 N–H and O–H groups in total. The van der Waals surface area contributed by atoms with Gasteiger partial charge in [-0.2, -0.15) is 5.26 Å². The van der Waals surface area contributed by atoms with Crippen LogP contribution in [0.2, 0.25) is 15.1 Å². The largest absolute Gasteiger partial charge is 0.488 e. The fourth-order valence-corrected chi connectivity index (χ4v) is 3.07. The molecule has 0 saturated heterocycles. The number of hydrogen-bond acceptors (Lipinski definition) is 3. The Hall–Kier alpha value is -2.97. The maximum absolute atomic E-state index is 12.5. The van der Waals surface area contributed by atoms with E-state index in [-0.39, 0.29) is 12.2 Å². The lowest BCUT2D eigenvalue weighted by atomic mass is 10.1. The first-order chi connectivity index (χ1) is 14.5. The van der Waals surface area contributed by atoms with Crippen LogP contribution in [0, 0.1) is 11.3 Å². The molecule has 7 heteroatoms. The maximum atomic E-state index is 12.5. The van der Waals surface area contributed by atoms with Crippen LogP contribution in [0.25, 0.3) is 6.08 Å². The summed E-state index contributed by atoms with van der Waals surface area (Å²) in [6.07, 6.45) is 1.47. The summed E-state index contributed by atoms with van der Waals surface area (Å²) < 4.78 is 5.87. The zero-order valence-electron chi connectivity index (χ0n) is 15.5. The van der Waals surface area contributed by atoms with E-state index in [0.29, 0.717) is 32.1 Å². The average molecular weight is 458 g/mol. The Labute approximate surface area is 189 Å². The van der Waals surface area contributed by atoms with E-state index in [4.69, 9.17) is 39.5 Å². The van der Waals surface area contributed by atoms with E-state index in [9.17, 15) is 10.1 Å². The van der Waals surface area contributed by atoms with Gasteiger partial charge in [0.25, 0.3) is 5.91 Å². The van der Waals surface area contributed by atoms with E-state index < -0.39 is 5.91 Å². The van der Waals surface area contributed by atoms with Crippen LogP contribution >= 0.6 is 34.8 Å². The molecule has 30 heavy (non-hydrogen) atoms.